The van der Waals surface area contributed by atoms with Gasteiger partial charge >= 0.3 is 5.97 Å². The first-order valence-corrected chi connectivity index (χ1v) is 10.9. The van der Waals surface area contributed by atoms with Gasteiger partial charge in [-0.15, -0.1) is 11.3 Å². The third-order valence-electron chi connectivity index (χ3n) is 4.57. The summed E-state index contributed by atoms with van der Waals surface area (Å²) in [5.74, 6) is -0.330. The fourth-order valence-corrected chi connectivity index (χ4v) is 4.96. The topological polar surface area (TPSA) is 52.6 Å². The van der Waals surface area contributed by atoms with Gasteiger partial charge in [-0.2, -0.15) is 0 Å². The lowest BCUT2D eigenvalue weighted by Gasteiger charge is -2.23. The predicted octanol–water partition coefficient (Wildman–Crippen LogP) is 5.35. The molecule has 154 valence electrons. The molecule has 0 N–H and O–H groups in total. The van der Waals surface area contributed by atoms with Gasteiger partial charge in [0.2, 0.25) is 0 Å². The minimum absolute atomic E-state index is 0.00677. The Kier molecular flexibility index (Phi) is 6.66. The first kappa shape index (κ1) is 21.8. The van der Waals surface area contributed by atoms with Gasteiger partial charge in [-0.3, -0.25) is 4.79 Å². The molecular formula is C23H26O4S2. The number of rotatable bonds is 6. The first-order valence-electron chi connectivity index (χ1n) is 9.72. The van der Waals surface area contributed by atoms with Crippen LogP contribution in [0.3, 0.4) is 0 Å². The molecule has 1 atom stereocenters. The van der Waals surface area contributed by atoms with E-state index in [1.807, 2.05) is 45.9 Å². The molecule has 0 spiro atoms. The molecule has 0 saturated heterocycles. The number of hydrogen-bond acceptors (Lipinski definition) is 6. The smallest absolute Gasteiger partial charge is 0.340 e. The van der Waals surface area contributed by atoms with Crippen molar-refractivity contribution in [2.24, 2.45) is 0 Å². The van der Waals surface area contributed by atoms with Gasteiger partial charge in [0.05, 0.1) is 18.3 Å². The van der Waals surface area contributed by atoms with Gasteiger partial charge in [0.15, 0.2) is 5.78 Å². The standard InChI is InChI=1S/C23H26O4S2/c1-14-10-17-20(13-26-14)29-19(21(17)22(25)27-23(2,3)4)12-16(28)11-18(24)15-8-6-5-7-9-15/h5-9,14H,10-13H2,1-4H3. The van der Waals surface area contributed by atoms with Crippen molar-refractivity contribution >= 4 is 40.2 Å². The number of fused-ring (bicyclic) bond motifs is 1. The molecule has 0 radical (unpaired) electrons. The van der Waals surface area contributed by atoms with Crippen LogP contribution in [-0.4, -0.2) is 28.3 Å². The van der Waals surface area contributed by atoms with Crippen LogP contribution in [0.1, 0.15) is 70.1 Å². The van der Waals surface area contributed by atoms with Crippen LogP contribution in [0.5, 0.6) is 0 Å². The highest BCUT2D eigenvalue weighted by Gasteiger charge is 2.31. The second-order valence-electron chi connectivity index (χ2n) is 8.31. The summed E-state index contributed by atoms with van der Waals surface area (Å²) in [5.41, 5.74) is 1.69. The zero-order chi connectivity index (χ0) is 21.2. The molecule has 4 nitrogen and oxygen atoms in total. The second-order valence-corrected chi connectivity index (χ2v) is 10.1. The van der Waals surface area contributed by atoms with Crippen LogP contribution in [-0.2, 0) is 28.9 Å². The summed E-state index contributed by atoms with van der Waals surface area (Å²) in [4.78, 5) is 28.0. The van der Waals surface area contributed by atoms with Crippen molar-refractivity contribution in [3.05, 3.63) is 56.8 Å². The third-order valence-corrected chi connectivity index (χ3v) is 6.06. The Hall–Kier alpha value is -1.89. The van der Waals surface area contributed by atoms with E-state index in [9.17, 15) is 9.59 Å². The van der Waals surface area contributed by atoms with E-state index in [4.69, 9.17) is 21.7 Å². The van der Waals surface area contributed by atoms with Gasteiger partial charge in [0, 0.05) is 39.4 Å². The van der Waals surface area contributed by atoms with E-state index in [-0.39, 0.29) is 24.3 Å². The quantitative estimate of drug-likeness (QED) is 0.351. The molecule has 0 bridgehead atoms. The van der Waals surface area contributed by atoms with E-state index >= 15 is 0 Å². The molecule has 2 aromatic rings. The molecule has 1 aromatic carbocycles. The lowest BCUT2D eigenvalue weighted by atomic mass is 9.98. The van der Waals surface area contributed by atoms with Gasteiger partial charge in [-0.1, -0.05) is 42.5 Å². The van der Waals surface area contributed by atoms with Crippen LogP contribution in [0.2, 0.25) is 0 Å². The van der Waals surface area contributed by atoms with Crippen LogP contribution in [0.25, 0.3) is 0 Å². The fourth-order valence-electron chi connectivity index (χ4n) is 3.30. The Morgan fingerprint density at radius 3 is 2.59 bits per heavy atom. The summed E-state index contributed by atoms with van der Waals surface area (Å²) in [6, 6.07) is 9.14. The molecule has 1 aliphatic heterocycles. The SMILES string of the molecule is CC1Cc2c(sc(CC(=S)CC(=O)c3ccccc3)c2C(=O)OC(C)(C)C)CO1. The summed E-state index contributed by atoms with van der Waals surface area (Å²) in [5, 5.41) is 0. The van der Waals surface area contributed by atoms with Gasteiger partial charge < -0.3 is 9.47 Å². The highest BCUT2D eigenvalue weighted by atomic mass is 32.1. The number of carbonyl (C=O) groups excluding carboxylic acids is 2. The number of thiophene rings is 1. The molecule has 29 heavy (non-hydrogen) atoms. The number of thiocarbonyl (C=S) groups is 1. The molecule has 0 fully saturated rings. The molecule has 2 heterocycles. The van der Waals surface area contributed by atoms with E-state index in [1.165, 1.54) is 0 Å². The Balaban J connectivity index is 1.83. The minimum Gasteiger partial charge on any atom is -0.456 e. The maximum atomic E-state index is 13.0. The molecule has 1 unspecified atom stereocenters. The number of ether oxygens (including phenoxy) is 2. The number of benzene rings is 1. The van der Waals surface area contributed by atoms with Crippen LogP contribution < -0.4 is 0 Å². The number of esters is 1. The van der Waals surface area contributed by atoms with E-state index in [1.54, 1.807) is 23.5 Å². The first-order chi connectivity index (χ1) is 13.6. The number of carbonyl (C=O) groups is 2. The monoisotopic (exact) mass is 430 g/mol. The summed E-state index contributed by atoms with van der Waals surface area (Å²) in [6.45, 7) is 8.07. The van der Waals surface area contributed by atoms with Crippen molar-refractivity contribution in [2.75, 3.05) is 0 Å². The maximum absolute atomic E-state index is 13.0. The Bertz CT molecular complexity index is 922. The van der Waals surface area contributed by atoms with Gasteiger partial charge in [-0.25, -0.2) is 4.79 Å². The molecular weight excluding hydrogens is 404 g/mol. The van der Waals surface area contributed by atoms with Crippen LogP contribution in [0, 0.1) is 0 Å². The minimum atomic E-state index is -0.580. The Morgan fingerprint density at radius 1 is 1.24 bits per heavy atom. The highest BCUT2D eigenvalue weighted by molar-refractivity contribution is 7.80. The zero-order valence-corrected chi connectivity index (χ0v) is 18.9. The molecule has 1 aromatic heterocycles. The number of ketones is 1. The zero-order valence-electron chi connectivity index (χ0n) is 17.2. The summed E-state index contributed by atoms with van der Waals surface area (Å²) in [6.07, 6.45) is 1.32. The molecule has 0 saturated carbocycles. The lowest BCUT2D eigenvalue weighted by Crippen LogP contribution is -2.26. The van der Waals surface area contributed by atoms with Gasteiger partial charge in [0.1, 0.15) is 5.60 Å². The van der Waals surface area contributed by atoms with Crippen molar-refractivity contribution in [1.82, 2.24) is 0 Å². The molecule has 1 aliphatic rings. The summed E-state index contributed by atoms with van der Waals surface area (Å²) >= 11 is 7.08. The van der Waals surface area contributed by atoms with Crippen molar-refractivity contribution in [3.8, 4) is 0 Å². The average molecular weight is 431 g/mol. The van der Waals surface area contributed by atoms with Gasteiger partial charge in [0.25, 0.3) is 0 Å². The van der Waals surface area contributed by atoms with Crippen LogP contribution >= 0.6 is 23.6 Å². The predicted molar refractivity (Wildman–Crippen MR) is 119 cm³/mol. The summed E-state index contributed by atoms with van der Waals surface area (Å²) in [7, 11) is 0. The van der Waals surface area contributed by atoms with Crippen LogP contribution in [0.15, 0.2) is 30.3 Å². The third kappa shape index (κ3) is 5.59. The second kappa shape index (κ2) is 8.86. The molecule has 6 heteroatoms. The molecule has 3 rings (SSSR count). The van der Waals surface area contributed by atoms with Gasteiger partial charge in [-0.05, 0) is 33.3 Å². The molecule has 0 aliphatic carbocycles. The van der Waals surface area contributed by atoms with Crippen molar-refractivity contribution < 1.29 is 19.1 Å². The van der Waals surface area contributed by atoms with E-state index in [0.717, 1.165) is 15.3 Å². The van der Waals surface area contributed by atoms with E-state index in [2.05, 4.69) is 0 Å². The fraction of sp³-hybridized carbons (Fsp3) is 0.435. The average Bonchev–Trinajstić information content (AvgIpc) is 2.97. The van der Waals surface area contributed by atoms with E-state index < -0.39 is 5.60 Å². The number of Topliss-reactive ketones (excluding diaryl/α,β-unsaturated/α-hetero) is 1. The number of hydrogen-bond donors (Lipinski definition) is 0. The van der Waals surface area contributed by atoms with Crippen molar-refractivity contribution in [1.29, 1.82) is 0 Å². The largest absolute Gasteiger partial charge is 0.456 e. The van der Waals surface area contributed by atoms with Crippen molar-refractivity contribution in [2.45, 2.75) is 65.3 Å². The Labute approximate surface area is 181 Å². The lowest BCUT2D eigenvalue weighted by molar-refractivity contribution is 0.00628. The summed E-state index contributed by atoms with van der Waals surface area (Å²) < 4.78 is 11.4. The molecule has 0 amide bonds. The Morgan fingerprint density at radius 2 is 1.93 bits per heavy atom. The van der Waals surface area contributed by atoms with Crippen LogP contribution in [0.4, 0.5) is 0 Å². The highest BCUT2D eigenvalue weighted by Crippen LogP contribution is 2.36. The normalized spacial score (nSPS) is 16.2. The maximum Gasteiger partial charge on any atom is 0.340 e. The van der Waals surface area contributed by atoms with Crippen molar-refractivity contribution in [3.63, 3.8) is 0 Å². The van der Waals surface area contributed by atoms with E-state index in [0.29, 0.717) is 35.4 Å².